The number of pyridine rings is 1. The van der Waals surface area contributed by atoms with Crippen LogP contribution in [0.5, 0.6) is 0 Å². The summed E-state index contributed by atoms with van der Waals surface area (Å²) in [6.45, 7) is 1.97. The molecule has 1 atom stereocenters. The van der Waals surface area contributed by atoms with Crippen LogP contribution in [-0.2, 0) is 0 Å². The quantitative estimate of drug-likeness (QED) is 0.814. The van der Waals surface area contributed by atoms with Gasteiger partial charge in [0.1, 0.15) is 0 Å². The molecule has 2 N–H and O–H groups in total. The van der Waals surface area contributed by atoms with Gasteiger partial charge >= 0.3 is 0 Å². The van der Waals surface area contributed by atoms with Gasteiger partial charge < -0.3 is 5.73 Å². The average molecular weight is 236 g/mol. The molecule has 88 valence electrons. The van der Waals surface area contributed by atoms with Gasteiger partial charge in [0, 0.05) is 22.9 Å². The molecule has 16 heavy (non-hydrogen) atoms. The Morgan fingerprint density at radius 3 is 2.75 bits per heavy atom. The molecule has 1 aliphatic carbocycles. The minimum absolute atomic E-state index is 0.0360. The Labute approximate surface area is 102 Å². The molecular weight excluding hydrogens is 216 g/mol. The van der Waals surface area contributed by atoms with Crippen LogP contribution in [0.1, 0.15) is 44.3 Å². The Kier molecular flexibility index (Phi) is 4.24. The van der Waals surface area contributed by atoms with Crippen molar-refractivity contribution in [2.24, 2.45) is 11.7 Å². The Balaban J connectivity index is 1.84. The maximum absolute atomic E-state index is 5.77. The van der Waals surface area contributed by atoms with Gasteiger partial charge in [0.05, 0.1) is 5.69 Å². The van der Waals surface area contributed by atoms with Crippen LogP contribution < -0.4 is 5.73 Å². The lowest BCUT2D eigenvalue weighted by Gasteiger charge is -2.09. The minimum Gasteiger partial charge on any atom is -0.323 e. The van der Waals surface area contributed by atoms with Crippen molar-refractivity contribution in [3.8, 4) is 0 Å². The van der Waals surface area contributed by atoms with Crippen molar-refractivity contribution in [1.82, 2.24) is 4.98 Å². The highest BCUT2D eigenvalue weighted by atomic mass is 32.2. The molecule has 1 saturated carbocycles. The number of hydrogen-bond acceptors (Lipinski definition) is 3. The Bertz CT molecular complexity index is 315. The normalized spacial score (nSPS) is 18.9. The van der Waals surface area contributed by atoms with E-state index in [0.29, 0.717) is 0 Å². The molecule has 1 heterocycles. The molecule has 0 aromatic carbocycles. The van der Waals surface area contributed by atoms with Crippen molar-refractivity contribution in [3.63, 3.8) is 0 Å². The third-order valence-electron chi connectivity index (χ3n) is 3.19. The van der Waals surface area contributed by atoms with E-state index in [0.717, 1.165) is 11.6 Å². The summed E-state index contributed by atoms with van der Waals surface area (Å²) in [5.41, 5.74) is 6.75. The van der Waals surface area contributed by atoms with Crippen molar-refractivity contribution in [2.75, 3.05) is 5.75 Å². The van der Waals surface area contributed by atoms with Gasteiger partial charge in [0.2, 0.25) is 0 Å². The molecule has 0 spiro atoms. The first kappa shape index (κ1) is 11.9. The summed E-state index contributed by atoms with van der Waals surface area (Å²) in [5, 5.41) is 0. The topological polar surface area (TPSA) is 38.9 Å². The first-order valence-corrected chi connectivity index (χ1v) is 7.08. The van der Waals surface area contributed by atoms with Gasteiger partial charge in [0.25, 0.3) is 0 Å². The van der Waals surface area contributed by atoms with Gasteiger partial charge in [-0.05, 0) is 37.8 Å². The molecule has 0 radical (unpaired) electrons. The second kappa shape index (κ2) is 5.69. The van der Waals surface area contributed by atoms with Gasteiger partial charge in [0.15, 0.2) is 0 Å². The highest BCUT2D eigenvalue weighted by molar-refractivity contribution is 7.99. The van der Waals surface area contributed by atoms with E-state index in [1.807, 2.05) is 30.9 Å². The van der Waals surface area contributed by atoms with Crippen LogP contribution in [-0.4, -0.2) is 10.7 Å². The fraction of sp³-hybridized carbons (Fsp3) is 0.615. The van der Waals surface area contributed by atoms with Crippen LogP contribution in [0.3, 0.4) is 0 Å². The maximum atomic E-state index is 5.77. The summed E-state index contributed by atoms with van der Waals surface area (Å²) >= 11 is 1.93. The molecule has 3 heteroatoms. The molecule has 0 amide bonds. The molecule has 0 aliphatic heterocycles. The standard InChI is InChI=1S/C13H20N2S/c1-10(14)13-7-6-12(8-15-13)16-9-11-4-2-3-5-11/h6-8,10-11H,2-5,9,14H2,1H3/t10-/m0/s1. The van der Waals surface area contributed by atoms with E-state index in [4.69, 9.17) is 5.73 Å². The molecule has 1 aromatic rings. The third-order valence-corrected chi connectivity index (χ3v) is 4.40. The van der Waals surface area contributed by atoms with E-state index < -0.39 is 0 Å². The number of rotatable bonds is 4. The van der Waals surface area contributed by atoms with Crippen LogP contribution in [0.15, 0.2) is 23.2 Å². The molecule has 1 aliphatic rings. The number of hydrogen-bond donors (Lipinski definition) is 1. The number of nitrogens with zero attached hydrogens (tertiary/aromatic N) is 1. The SMILES string of the molecule is C[C@H](N)c1ccc(SCC2CCCC2)cn1. The van der Waals surface area contributed by atoms with Gasteiger partial charge in [-0.15, -0.1) is 11.8 Å². The summed E-state index contributed by atoms with van der Waals surface area (Å²) in [4.78, 5) is 5.65. The maximum Gasteiger partial charge on any atom is 0.0569 e. The van der Waals surface area contributed by atoms with Crippen molar-refractivity contribution in [1.29, 1.82) is 0 Å². The third kappa shape index (κ3) is 3.22. The highest BCUT2D eigenvalue weighted by Gasteiger charge is 2.14. The number of aromatic nitrogens is 1. The van der Waals surface area contributed by atoms with E-state index in [9.17, 15) is 0 Å². The van der Waals surface area contributed by atoms with Crippen LogP contribution in [0.25, 0.3) is 0 Å². The lowest BCUT2D eigenvalue weighted by Crippen LogP contribution is -2.06. The summed E-state index contributed by atoms with van der Waals surface area (Å²) in [7, 11) is 0. The monoisotopic (exact) mass is 236 g/mol. The van der Waals surface area contributed by atoms with Crippen LogP contribution in [0.4, 0.5) is 0 Å². The molecule has 1 aromatic heterocycles. The second-order valence-corrected chi connectivity index (χ2v) is 5.76. The van der Waals surface area contributed by atoms with E-state index >= 15 is 0 Å². The predicted octanol–water partition coefficient (Wildman–Crippen LogP) is 3.38. The minimum atomic E-state index is 0.0360. The Morgan fingerprint density at radius 1 is 1.44 bits per heavy atom. The fourth-order valence-electron chi connectivity index (χ4n) is 2.14. The molecule has 2 rings (SSSR count). The predicted molar refractivity (Wildman–Crippen MR) is 69.5 cm³/mol. The van der Waals surface area contributed by atoms with Crippen molar-refractivity contribution >= 4 is 11.8 Å². The molecule has 2 nitrogen and oxygen atoms in total. The van der Waals surface area contributed by atoms with Crippen molar-refractivity contribution in [2.45, 2.75) is 43.5 Å². The summed E-state index contributed by atoms with van der Waals surface area (Å²) < 4.78 is 0. The first-order valence-electron chi connectivity index (χ1n) is 6.10. The first-order chi connectivity index (χ1) is 7.75. The van der Waals surface area contributed by atoms with Gasteiger partial charge in [-0.3, -0.25) is 4.98 Å². The average Bonchev–Trinajstić information content (AvgIpc) is 2.80. The van der Waals surface area contributed by atoms with Gasteiger partial charge in [-0.1, -0.05) is 12.8 Å². The second-order valence-electron chi connectivity index (χ2n) is 4.67. The largest absolute Gasteiger partial charge is 0.323 e. The number of nitrogens with two attached hydrogens (primary N) is 1. The zero-order chi connectivity index (χ0) is 11.4. The van der Waals surface area contributed by atoms with Crippen LogP contribution in [0, 0.1) is 5.92 Å². The summed E-state index contributed by atoms with van der Waals surface area (Å²) in [6.07, 6.45) is 7.63. The lowest BCUT2D eigenvalue weighted by molar-refractivity contribution is 0.623. The van der Waals surface area contributed by atoms with Gasteiger partial charge in [-0.2, -0.15) is 0 Å². The molecule has 0 unspecified atom stereocenters. The Morgan fingerprint density at radius 2 is 2.19 bits per heavy atom. The van der Waals surface area contributed by atoms with E-state index in [2.05, 4.69) is 11.1 Å². The lowest BCUT2D eigenvalue weighted by atomic mass is 10.1. The zero-order valence-electron chi connectivity index (χ0n) is 9.86. The zero-order valence-corrected chi connectivity index (χ0v) is 10.7. The van der Waals surface area contributed by atoms with Crippen molar-refractivity contribution < 1.29 is 0 Å². The van der Waals surface area contributed by atoms with E-state index in [1.165, 1.54) is 36.3 Å². The van der Waals surface area contributed by atoms with E-state index in [-0.39, 0.29) is 6.04 Å². The van der Waals surface area contributed by atoms with Crippen LogP contribution >= 0.6 is 11.8 Å². The summed E-state index contributed by atoms with van der Waals surface area (Å²) in [6, 6.07) is 4.22. The number of thioether (sulfide) groups is 1. The van der Waals surface area contributed by atoms with Crippen molar-refractivity contribution in [3.05, 3.63) is 24.0 Å². The van der Waals surface area contributed by atoms with Crippen LogP contribution in [0.2, 0.25) is 0 Å². The smallest absolute Gasteiger partial charge is 0.0569 e. The molecular formula is C13H20N2S. The highest BCUT2D eigenvalue weighted by Crippen LogP contribution is 2.30. The molecule has 0 bridgehead atoms. The summed E-state index contributed by atoms with van der Waals surface area (Å²) in [5.74, 6) is 2.18. The Hall–Kier alpha value is -0.540. The molecule has 0 saturated heterocycles. The van der Waals surface area contributed by atoms with E-state index in [1.54, 1.807) is 0 Å². The fourth-order valence-corrected chi connectivity index (χ4v) is 3.19. The molecule has 1 fully saturated rings. The van der Waals surface area contributed by atoms with Gasteiger partial charge in [-0.25, -0.2) is 0 Å².